The van der Waals surface area contributed by atoms with Crippen LogP contribution in [0, 0.1) is 5.92 Å². The highest BCUT2D eigenvalue weighted by Gasteiger charge is 2.19. The van der Waals surface area contributed by atoms with E-state index in [1.54, 1.807) is 0 Å². The first-order chi connectivity index (χ1) is 12.2. The lowest BCUT2D eigenvalue weighted by Gasteiger charge is -2.32. The molecule has 2 aromatic rings. The maximum Gasteiger partial charge on any atom is 0.230 e. The van der Waals surface area contributed by atoms with Crippen molar-refractivity contribution in [3.05, 3.63) is 47.7 Å². The molecule has 1 fully saturated rings. The number of aliphatic hydroxyl groups excluding tert-OH is 1. The molecule has 6 nitrogen and oxygen atoms in total. The molecule has 0 amide bonds. The lowest BCUT2D eigenvalue weighted by molar-refractivity contribution is 0.0997. The van der Waals surface area contributed by atoms with Crippen LogP contribution in [0.3, 0.4) is 0 Å². The van der Waals surface area contributed by atoms with E-state index in [4.69, 9.17) is 4.42 Å². The molecule has 1 atom stereocenters. The molecule has 136 valence electrons. The van der Waals surface area contributed by atoms with Crippen LogP contribution in [-0.4, -0.2) is 52.5 Å². The van der Waals surface area contributed by atoms with Gasteiger partial charge in [-0.15, -0.1) is 10.2 Å². The van der Waals surface area contributed by atoms with Crippen LogP contribution in [0.5, 0.6) is 0 Å². The second-order valence-corrected chi connectivity index (χ2v) is 6.98. The van der Waals surface area contributed by atoms with Gasteiger partial charge in [-0.25, -0.2) is 0 Å². The maximum absolute atomic E-state index is 9.46. The van der Waals surface area contributed by atoms with Gasteiger partial charge in [0.2, 0.25) is 11.8 Å². The van der Waals surface area contributed by atoms with Crippen molar-refractivity contribution in [1.82, 2.24) is 20.4 Å². The van der Waals surface area contributed by atoms with Gasteiger partial charge in [0.25, 0.3) is 0 Å². The van der Waals surface area contributed by atoms with Crippen LogP contribution >= 0.6 is 0 Å². The predicted octanol–water partition coefficient (Wildman–Crippen LogP) is 1.84. The third-order valence-corrected chi connectivity index (χ3v) is 4.65. The first kappa shape index (κ1) is 18.0. The van der Waals surface area contributed by atoms with E-state index in [9.17, 15) is 5.11 Å². The minimum atomic E-state index is -0.239. The summed E-state index contributed by atoms with van der Waals surface area (Å²) in [4.78, 5) is 2.34. The summed E-state index contributed by atoms with van der Waals surface area (Å²) in [7, 11) is 0. The van der Waals surface area contributed by atoms with E-state index in [1.165, 1.54) is 18.4 Å². The van der Waals surface area contributed by atoms with Crippen molar-refractivity contribution >= 4 is 0 Å². The van der Waals surface area contributed by atoms with Gasteiger partial charge in [0.05, 0.1) is 19.1 Å². The van der Waals surface area contributed by atoms with Gasteiger partial charge in [0.15, 0.2) is 0 Å². The minimum Gasteiger partial charge on any atom is -0.424 e. The third-order valence-electron chi connectivity index (χ3n) is 4.65. The van der Waals surface area contributed by atoms with E-state index in [2.05, 4.69) is 32.5 Å². The van der Waals surface area contributed by atoms with Crippen LogP contribution in [0.15, 0.2) is 34.7 Å². The summed E-state index contributed by atoms with van der Waals surface area (Å²) in [5.41, 5.74) is 1.18. The molecule has 0 aliphatic carbocycles. The maximum atomic E-state index is 9.46. The van der Waals surface area contributed by atoms with Crippen molar-refractivity contribution < 1.29 is 9.52 Å². The second kappa shape index (κ2) is 9.08. The molecule has 0 spiro atoms. The number of aromatic nitrogens is 2. The summed E-state index contributed by atoms with van der Waals surface area (Å²) in [6.45, 7) is 6.36. The van der Waals surface area contributed by atoms with Crippen LogP contribution < -0.4 is 5.32 Å². The van der Waals surface area contributed by atoms with Gasteiger partial charge in [-0.05, 0) is 50.9 Å². The summed E-state index contributed by atoms with van der Waals surface area (Å²) in [6, 6.07) is 10.2. The number of β-amino-alcohol motifs (C(OH)–C–C–N with tert-alkyl or cyclic N) is 1. The van der Waals surface area contributed by atoms with Crippen LogP contribution in [0.1, 0.15) is 37.1 Å². The first-order valence-corrected chi connectivity index (χ1v) is 9.15. The Labute approximate surface area is 149 Å². The highest BCUT2D eigenvalue weighted by molar-refractivity contribution is 5.17. The van der Waals surface area contributed by atoms with Crippen LogP contribution in [-0.2, 0) is 13.0 Å². The van der Waals surface area contributed by atoms with Gasteiger partial charge in [-0.1, -0.05) is 30.3 Å². The van der Waals surface area contributed by atoms with Gasteiger partial charge in [0, 0.05) is 6.54 Å². The third kappa shape index (κ3) is 5.92. The van der Waals surface area contributed by atoms with Gasteiger partial charge in [0.1, 0.15) is 0 Å². The summed E-state index contributed by atoms with van der Waals surface area (Å²) >= 11 is 0. The number of benzene rings is 1. The summed E-state index contributed by atoms with van der Waals surface area (Å²) in [5, 5.41) is 21.1. The lowest BCUT2D eigenvalue weighted by atomic mass is 9.96. The zero-order valence-corrected chi connectivity index (χ0v) is 14.9. The molecule has 25 heavy (non-hydrogen) atoms. The van der Waals surface area contributed by atoms with E-state index in [0.29, 0.717) is 30.7 Å². The number of likely N-dealkylation sites (tertiary alicyclic amines) is 1. The Morgan fingerprint density at radius 2 is 1.92 bits per heavy atom. The van der Waals surface area contributed by atoms with Crippen LogP contribution in [0.2, 0.25) is 0 Å². The van der Waals surface area contributed by atoms with E-state index >= 15 is 0 Å². The van der Waals surface area contributed by atoms with Gasteiger partial charge >= 0.3 is 0 Å². The monoisotopic (exact) mass is 344 g/mol. The van der Waals surface area contributed by atoms with E-state index < -0.39 is 0 Å². The molecule has 1 aromatic heterocycles. The summed E-state index contributed by atoms with van der Waals surface area (Å²) in [5.74, 6) is 1.99. The van der Waals surface area contributed by atoms with E-state index in [-0.39, 0.29) is 6.10 Å². The Hall–Kier alpha value is -1.76. The van der Waals surface area contributed by atoms with Crippen molar-refractivity contribution in [2.45, 2.75) is 38.8 Å². The molecule has 2 heterocycles. The molecule has 1 aliphatic heterocycles. The number of piperidine rings is 1. The topological polar surface area (TPSA) is 74.4 Å². The molecule has 3 rings (SSSR count). The molecule has 0 unspecified atom stereocenters. The van der Waals surface area contributed by atoms with Crippen molar-refractivity contribution in [3.8, 4) is 0 Å². The smallest absolute Gasteiger partial charge is 0.230 e. The van der Waals surface area contributed by atoms with Gasteiger partial charge < -0.3 is 19.7 Å². The summed E-state index contributed by atoms with van der Waals surface area (Å²) < 4.78 is 5.72. The van der Waals surface area contributed by atoms with Crippen molar-refractivity contribution in [2.24, 2.45) is 5.92 Å². The molecule has 0 bridgehead atoms. The highest BCUT2D eigenvalue weighted by atomic mass is 16.4. The van der Waals surface area contributed by atoms with Gasteiger partial charge in [-0.3, -0.25) is 0 Å². The molecule has 1 aliphatic rings. The Bertz CT molecular complexity index is 621. The molecular weight excluding hydrogens is 316 g/mol. The van der Waals surface area contributed by atoms with E-state index in [1.807, 2.05) is 25.1 Å². The van der Waals surface area contributed by atoms with Gasteiger partial charge in [-0.2, -0.15) is 0 Å². The number of nitrogens with zero attached hydrogens (tertiary/aromatic N) is 3. The van der Waals surface area contributed by atoms with Crippen molar-refractivity contribution in [1.29, 1.82) is 0 Å². The molecule has 6 heteroatoms. The highest BCUT2D eigenvalue weighted by Crippen LogP contribution is 2.16. The molecule has 1 aromatic carbocycles. The average molecular weight is 344 g/mol. The Morgan fingerprint density at radius 3 is 2.64 bits per heavy atom. The Kier molecular flexibility index (Phi) is 6.55. The largest absolute Gasteiger partial charge is 0.424 e. The zero-order chi connectivity index (χ0) is 17.5. The molecule has 1 saturated heterocycles. The number of aliphatic hydroxyl groups is 1. The van der Waals surface area contributed by atoms with E-state index in [0.717, 1.165) is 26.2 Å². The minimum absolute atomic E-state index is 0.239. The predicted molar refractivity (Wildman–Crippen MR) is 96.1 cm³/mol. The molecule has 0 saturated carbocycles. The first-order valence-electron chi connectivity index (χ1n) is 9.15. The van der Waals surface area contributed by atoms with Crippen LogP contribution in [0.4, 0.5) is 0 Å². The Balaban J connectivity index is 1.36. The molecule has 0 radical (unpaired) electrons. The van der Waals surface area contributed by atoms with Crippen molar-refractivity contribution in [2.75, 3.05) is 26.2 Å². The molecular formula is C19H28N4O2. The van der Waals surface area contributed by atoms with Crippen LogP contribution in [0.25, 0.3) is 0 Å². The second-order valence-electron chi connectivity index (χ2n) is 6.98. The average Bonchev–Trinajstić information content (AvgIpc) is 3.04. The number of hydrogen-bond donors (Lipinski definition) is 2. The summed E-state index contributed by atoms with van der Waals surface area (Å²) in [6.07, 6.45) is 2.78. The standard InChI is InChI=1S/C19H28N4O2/c1-15(24)14-23-9-7-17(8-10-23)12-20-13-19-22-21-18(25-19)11-16-5-3-2-4-6-16/h2-6,15,17,20,24H,7-14H2,1H3/t15-/m1/s1. The number of rotatable bonds is 8. The molecule has 2 N–H and O–H groups in total. The quantitative estimate of drug-likeness (QED) is 0.761. The fraction of sp³-hybridized carbons (Fsp3) is 0.579. The lowest BCUT2D eigenvalue weighted by Crippen LogP contribution is -2.40. The fourth-order valence-corrected chi connectivity index (χ4v) is 3.33. The number of nitrogens with one attached hydrogen (secondary N) is 1. The SMILES string of the molecule is C[C@@H](O)CN1CCC(CNCc2nnc(Cc3ccccc3)o2)CC1. The number of hydrogen-bond acceptors (Lipinski definition) is 6. The van der Waals surface area contributed by atoms with Crippen molar-refractivity contribution in [3.63, 3.8) is 0 Å². The zero-order valence-electron chi connectivity index (χ0n) is 14.9. The Morgan fingerprint density at radius 1 is 1.20 bits per heavy atom. The fourth-order valence-electron chi connectivity index (χ4n) is 3.33. The normalized spacial score (nSPS) is 17.7.